The molecule has 0 radical (unpaired) electrons. The lowest BCUT2D eigenvalue weighted by Gasteiger charge is -2.31. The van der Waals surface area contributed by atoms with E-state index in [0.717, 1.165) is 64.3 Å². The van der Waals surface area contributed by atoms with E-state index in [1.165, 1.54) is 6.42 Å². The number of likely N-dealkylation sites (tertiary alicyclic amines) is 1. The van der Waals surface area contributed by atoms with Gasteiger partial charge in [-0.3, -0.25) is 9.59 Å². The van der Waals surface area contributed by atoms with Crippen molar-refractivity contribution in [2.45, 2.75) is 39.0 Å². The largest absolute Gasteiger partial charge is 0.352 e. The van der Waals surface area contributed by atoms with Gasteiger partial charge in [-0.15, -0.1) is 0 Å². The van der Waals surface area contributed by atoms with E-state index in [4.69, 9.17) is 0 Å². The van der Waals surface area contributed by atoms with E-state index in [1.807, 2.05) is 11.8 Å². The fourth-order valence-electron chi connectivity index (χ4n) is 3.51. The van der Waals surface area contributed by atoms with Crippen molar-refractivity contribution in [3.05, 3.63) is 17.8 Å². The van der Waals surface area contributed by atoms with Crippen molar-refractivity contribution >= 4 is 23.3 Å². The van der Waals surface area contributed by atoms with Gasteiger partial charge in [0.15, 0.2) is 5.82 Å². The second-order valence-electron chi connectivity index (χ2n) is 6.98. The van der Waals surface area contributed by atoms with E-state index in [9.17, 15) is 9.59 Å². The van der Waals surface area contributed by atoms with Gasteiger partial charge in [0.05, 0.1) is 11.3 Å². The molecule has 142 valence electrons. The minimum Gasteiger partial charge on any atom is -0.352 e. The zero-order valence-electron chi connectivity index (χ0n) is 15.6. The average molecular weight is 359 g/mol. The number of rotatable bonds is 5. The maximum atomic E-state index is 12.8. The fraction of sp³-hybridized carbons (Fsp3) is 0.632. The van der Waals surface area contributed by atoms with Gasteiger partial charge in [-0.2, -0.15) is 0 Å². The molecule has 0 aromatic carbocycles. The van der Waals surface area contributed by atoms with E-state index in [0.29, 0.717) is 17.7 Å². The predicted molar refractivity (Wildman–Crippen MR) is 103 cm³/mol. The van der Waals surface area contributed by atoms with Gasteiger partial charge in [0, 0.05) is 51.9 Å². The Balaban J connectivity index is 1.84. The third kappa shape index (κ3) is 4.52. The summed E-state index contributed by atoms with van der Waals surface area (Å²) in [7, 11) is 0. The lowest BCUT2D eigenvalue weighted by molar-refractivity contribution is -0.116. The van der Waals surface area contributed by atoms with Gasteiger partial charge in [0.1, 0.15) is 0 Å². The lowest BCUT2D eigenvalue weighted by Crippen LogP contribution is -2.44. The second-order valence-corrected chi connectivity index (χ2v) is 6.98. The van der Waals surface area contributed by atoms with Crippen LogP contribution in [0.15, 0.2) is 12.3 Å². The number of aromatic nitrogens is 1. The molecular weight excluding hydrogens is 330 g/mol. The first-order valence-electron chi connectivity index (χ1n) is 9.74. The number of carbonyl (C=O) groups is 2. The van der Waals surface area contributed by atoms with Crippen LogP contribution in [0.5, 0.6) is 0 Å². The number of carbonyl (C=O) groups excluding carboxylic acids is 2. The molecule has 7 nitrogen and oxygen atoms in total. The number of piperidine rings is 1. The topological polar surface area (TPSA) is 77.6 Å². The van der Waals surface area contributed by atoms with Crippen LogP contribution in [0.25, 0.3) is 0 Å². The Kier molecular flexibility index (Phi) is 6.44. The maximum Gasteiger partial charge on any atom is 0.255 e. The van der Waals surface area contributed by atoms with Crippen LogP contribution >= 0.6 is 0 Å². The van der Waals surface area contributed by atoms with Crippen molar-refractivity contribution in [2.24, 2.45) is 0 Å². The monoisotopic (exact) mass is 359 g/mol. The van der Waals surface area contributed by atoms with Gasteiger partial charge in [-0.1, -0.05) is 6.92 Å². The Bertz CT molecular complexity index is 637. The van der Waals surface area contributed by atoms with E-state index >= 15 is 0 Å². The van der Waals surface area contributed by atoms with Crippen LogP contribution in [0.2, 0.25) is 0 Å². The van der Waals surface area contributed by atoms with Crippen LogP contribution in [0.1, 0.15) is 49.4 Å². The van der Waals surface area contributed by atoms with Crippen molar-refractivity contribution in [2.75, 3.05) is 49.5 Å². The molecule has 2 aliphatic rings. The van der Waals surface area contributed by atoms with Crippen molar-refractivity contribution in [3.8, 4) is 0 Å². The number of hydrogen-bond donors (Lipinski definition) is 2. The molecule has 2 aliphatic heterocycles. The minimum atomic E-state index is -0.0340. The lowest BCUT2D eigenvalue weighted by atomic mass is 10.1. The predicted octanol–water partition coefficient (Wildman–Crippen LogP) is 1.86. The van der Waals surface area contributed by atoms with Crippen molar-refractivity contribution < 1.29 is 9.59 Å². The molecule has 26 heavy (non-hydrogen) atoms. The number of nitrogens with zero attached hydrogens (tertiary/aromatic N) is 3. The number of amides is 2. The molecule has 2 fully saturated rings. The molecule has 0 atom stereocenters. The van der Waals surface area contributed by atoms with Gasteiger partial charge in [0.25, 0.3) is 5.91 Å². The molecule has 0 saturated carbocycles. The molecule has 1 aromatic rings. The first kappa shape index (κ1) is 18.6. The number of nitrogens with one attached hydrogen (secondary N) is 2. The summed E-state index contributed by atoms with van der Waals surface area (Å²) < 4.78 is 0. The summed E-state index contributed by atoms with van der Waals surface area (Å²) in [6.45, 7) is 7.03. The minimum absolute atomic E-state index is 0.00931. The van der Waals surface area contributed by atoms with Gasteiger partial charge in [-0.05, 0) is 31.7 Å². The van der Waals surface area contributed by atoms with E-state index in [-0.39, 0.29) is 11.8 Å². The zero-order chi connectivity index (χ0) is 18.4. The Morgan fingerprint density at radius 3 is 2.58 bits per heavy atom. The summed E-state index contributed by atoms with van der Waals surface area (Å²) in [6.07, 6.45) is 6.20. The number of piperazine rings is 1. The van der Waals surface area contributed by atoms with E-state index < -0.39 is 0 Å². The SMILES string of the molecule is CCCC(=O)Nc1cc(C(=O)N2CCCCC2)cnc1N1CCNCC1. The van der Waals surface area contributed by atoms with Crippen LogP contribution in [0.3, 0.4) is 0 Å². The summed E-state index contributed by atoms with van der Waals surface area (Å²) in [5.74, 6) is 0.731. The van der Waals surface area contributed by atoms with Gasteiger partial charge < -0.3 is 20.4 Å². The normalized spacial score (nSPS) is 17.9. The molecule has 3 rings (SSSR count). The van der Waals surface area contributed by atoms with Crippen LogP contribution in [-0.4, -0.2) is 61.0 Å². The zero-order valence-corrected chi connectivity index (χ0v) is 15.6. The average Bonchev–Trinajstić information content (AvgIpc) is 2.69. The highest BCUT2D eigenvalue weighted by atomic mass is 16.2. The Morgan fingerprint density at radius 1 is 1.15 bits per heavy atom. The molecule has 1 aromatic heterocycles. The third-order valence-corrected chi connectivity index (χ3v) is 4.92. The molecular formula is C19H29N5O2. The smallest absolute Gasteiger partial charge is 0.255 e. The van der Waals surface area contributed by atoms with Gasteiger partial charge in [0.2, 0.25) is 5.91 Å². The molecule has 0 spiro atoms. The fourth-order valence-corrected chi connectivity index (χ4v) is 3.51. The summed E-state index contributed by atoms with van der Waals surface area (Å²) >= 11 is 0. The third-order valence-electron chi connectivity index (χ3n) is 4.92. The Hall–Kier alpha value is -2.15. The summed E-state index contributed by atoms with van der Waals surface area (Å²) in [5, 5.41) is 6.29. The first-order chi connectivity index (χ1) is 12.7. The number of hydrogen-bond acceptors (Lipinski definition) is 5. The van der Waals surface area contributed by atoms with Crippen LogP contribution < -0.4 is 15.5 Å². The molecule has 7 heteroatoms. The summed E-state index contributed by atoms with van der Waals surface area (Å²) in [5.41, 5.74) is 1.20. The summed E-state index contributed by atoms with van der Waals surface area (Å²) in [4.78, 5) is 33.6. The highest BCUT2D eigenvalue weighted by Crippen LogP contribution is 2.26. The van der Waals surface area contributed by atoms with Crippen LogP contribution in [0.4, 0.5) is 11.5 Å². The molecule has 0 aliphatic carbocycles. The standard InChI is InChI=1S/C19H29N5O2/c1-2-6-17(25)22-16-13-15(19(26)24-9-4-3-5-10-24)14-21-18(16)23-11-7-20-8-12-23/h13-14,20H,2-12H2,1H3,(H,22,25). The molecule has 0 bridgehead atoms. The molecule has 3 heterocycles. The van der Waals surface area contributed by atoms with E-state index in [2.05, 4.69) is 20.5 Å². The molecule has 2 amide bonds. The molecule has 0 unspecified atom stereocenters. The Morgan fingerprint density at radius 2 is 1.88 bits per heavy atom. The van der Waals surface area contributed by atoms with Gasteiger partial charge >= 0.3 is 0 Å². The second kappa shape index (κ2) is 8.98. The highest BCUT2D eigenvalue weighted by molar-refractivity contribution is 5.99. The maximum absolute atomic E-state index is 12.8. The van der Waals surface area contributed by atoms with Gasteiger partial charge in [-0.25, -0.2) is 4.98 Å². The van der Waals surface area contributed by atoms with Crippen molar-refractivity contribution in [1.82, 2.24) is 15.2 Å². The van der Waals surface area contributed by atoms with Crippen LogP contribution in [-0.2, 0) is 4.79 Å². The molecule has 2 N–H and O–H groups in total. The number of pyridine rings is 1. The van der Waals surface area contributed by atoms with E-state index in [1.54, 1.807) is 12.3 Å². The number of anilines is 2. The highest BCUT2D eigenvalue weighted by Gasteiger charge is 2.22. The Labute approximate surface area is 155 Å². The molecule has 2 saturated heterocycles. The first-order valence-corrected chi connectivity index (χ1v) is 9.74. The van der Waals surface area contributed by atoms with Crippen molar-refractivity contribution in [3.63, 3.8) is 0 Å². The van der Waals surface area contributed by atoms with Crippen LogP contribution in [0, 0.1) is 0 Å². The summed E-state index contributed by atoms with van der Waals surface area (Å²) in [6, 6.07) is 1.80. The van der Waals surface area contributed by atoms with Crippen molar-refractivity contribution in [1.29, 1.82) is 0 Å². The quantitative estimate of drug-likeness (QED) is 0.839.